The SMILES string of the molecule is O=[C]C(=NOC(=O)C(Cl)Cl)c1cccs1. The molecule has 7 heteroatoms. The summed E-state index contributed by atoms with van der Waals surface area (Å²) in [4.78, 5) is 24.8. The van der Waals surface area contributed by atoms with Crippen LogP contribution in [-0.2, 0) is 14.4 Å². The predicted molar refractivity (Wildman–Crippen MR) is 58.1 cm³/mol. The van der Waals surface area contributed by atoms with E-state index in [0.717, 1.165) is 0 Å². The molecule has 1 aromatic rings. The summed E-state index contributed by atoms with van der Waals surface area (Å²) < 4.78 is 0. The summed E-state index contributed by atoms with van der Waals surface area (Å²) in [6, 6.07) is 3.36. The average molecular weight is 265 g/mol. The first-order chi connectivity index (χ1) is 7.15. The van der Waals surface area contributed by atoms with Crippen molar-refractivity contribution in [3.8, 4) is 0 Å². The van der Waals surface area contributed by atoms with Crippen molar-refractivity contribution in [3.05, 3.63) is 22.4 Å². The lowest BCUT2D eigenvalue weighted by Crippen LogP contribution is -2.11. The minimum absolute atomic E-state index is 0.104. The minimum Gasteiger partial charge on any atom is -0.314 e. The molecule has 0 N–H and O–H groups in total. The van der Waals surface area contributed by atoms with Gasteiger partial charge in [0.2, 0.25) is 4.84 Å². The first-order valence-electron chi connectivity index (χ1n) is 3.64. The topological polar surface area (TPSA) is 55.7 Å². The number of hydrogen-bond donors (Lipinski definition) is 0. The van der Waals surface area contributed by atoms with Gasteiger partial charge in [0, 0.05) is 0 Å². The van der Waals surface area contributed by atoms with Gasteiger partial charge in [-0.05, 0) is 11.4 Å². The van der Waals surface area contributed by atoms with Gasteiger partial charge in [-0.2, -0.15) is 0 Å². The molecule has 79 valence electrons. The fourth-order valence-electron chi connectivity index (χ4n) is 0.658. The molecule has 0 aliphatic carbocycles. The smallest absolute Gasteiger partial charge is 0.314 e. The third-order valence-corrected chi connectivity index (χ3v) is 2.49. The van der Waals surface area contributed by atoms with Crippen LogP contribution in [0.5, 0.6) is 0 Å². The second kappa shape index (κ2) is 5.85. The average Bonchev–Trinajstić information content (AvgIpc) is 2.71. The molecule has 1 aromatic heterocycles. The molecule has 0 spiro atoms. The van der Waals surface area contributed by atoms with Gasteiger partial charge in [0.05, 0.1) is 4.88 Å². The number of oxime groups is 1. The number of rotatable bonds is 4. The van der Waals surface area contributed by atoms with E-state index >= 15 is 0 Å². The van der Waals surface area contributed by atoms with Crippen LogP contribution in [0.3, 0.4) is 0 Å². The van der Waals surface area contributed by atoms with Gasteiger partial charge in [0.25, 0.3) is 6.29 Å². The molecule has 0 unspecified atom stereocenters. The van der Waals surface area contributed by atoms with Crippen molar-refractivity contribution in [1.29, 1.82) is 0 Å². The highest BCUT2D eigenvalue weighted by Crippen LogP contribution is 2.10. The minimum atomic E-state index is -1.33. The Morgan fingerprint density at radius 2 is 2.33 bits per heavy atom. The molecule has 1 heterocycles. The highest BCUT2D eigenvalue weighted by Gasteiger charge is 2.14. The third-order valence-electron chi connectivity index (χ3n) is 1.26. The van der Waals surface area contributed by atoms with Gasteiger partial charge in [-0.25, -0.2) is 4.79 Å². The van der Waals surface area contributed by atoms with E-state index in [1.165, 1.54) is 11.3 Å². The van der Waals surface area contributed by atoms with E-state index in [0.29, 0.717) is 4.88 Å². The second-order valence-electron chi connectivity index (χ2n) is 2.23. The van der Waals surface area contributed by atoms with E-state index in [9.17, 15) is 9.59 Å². The Balaban J connectivity index is 2.72. The molecule has 1 radical (unpaired) electrons. The molecule has 0 bridgehead atoms. The molecule has 0 saturated carbocycles. The maximum atomic E-state index is 10.8. The summed E-state index contributed by atoms with van der Waals surface area (Å²) in [7, 11) is 0. The molecule has 0 saturated heterocycles. The van der Waals surface area contributed by atoms with Crippen molar-refractivity contribution in [2.24, 2.45) is 5.16 Å². The molecule has 0 atom stereocenters. The quantitative estimate of drug-likeness (QED) is 0.361. The zero-order valence-corrected chi connectivity index (χ0v) is 9.47. The Bertz CT molecular complexity index is 375. The number of alkyl halides is 2. The second-order valence-corrected chi connectivity index (χ2v) is 4.27. The Labute approximate surface area is 99.4 Å². The van der Waals surface area contributed by atoms with Gasteiger partial charge < -0.3 is 4.84 Å². The summed E-state index contributed by atoms with van der Waals surface area (Å²) in [6.45, 7) is 0. The van der Waals surface area contributed by atoms with Crippen LogP contribution >= 0.6 is 34.5 Å². The van der Waals surface area contributed by atoms with E-state index in [-0.39, 0.29) is 5.71 Å². The Hall–Kier alpha value is -0.910. The number of hydrogen-bond acceptors (Lipinski definition) is 5. The van der Waals surface area contributed by atoms with Crippen LogP contribution < -0.4 is 0 Å². The monoisotopic (exact) mass is 264 g/mol. The van der Waals surface area contributed by atoms with Crippen LogP contribution in [0.15, 0.2) is 22.7 Å². The van der Waals surface area contributed by atoms with Crippen LogP contribution in [0.1, 0.15) is 4.88 Å². The van der Waals surface area contributed by atoms with Gasteiger partial charge in [-0.15, -0.1) is 11.3 Å². The highest BCUT2D eigenvalue weighted by molar-refractivity contribution is 7.12. The van der Waals surface area contributed by atoms with Gasteiger partial charge >= 0.3 is 5.97 Å². The summed E-state index contributed by atoms with van der Waals surface area (Å²) in [5.74, 6) is -0.942. The third kappa shape index (κ3) is 3.62. The lowest BCUT2D eigenvalue weighted by molar-refractivity contribution is -0.141. The number of nitrogens with zero attached hydrogens (tertiary/aromatic N) is 1. The molecule has 0 amide bonds. The zero-order chi connectivity index (χ0) is 11.3. The van der Waals surface area contributed by atoms with Gasteiger partial charge in [-0.3, -0.25) is 4.79 Å². The molecule has 0 aromatic carbocycles. The van der Waals surface area contributed by atoms with Crippen molar-refractivity contribution >= 4 is 52.5 Å². The van der Waals surface area contributed by atoms with Crippen molar-refractivity contribution in [2.75, 3.05) is 0 Å². The molecular weight excluding hydrogens is 261 g/mol. The van der Waals surface area contributed by atoms with Crippen LogP contribution in [0.2, 0.25) is 0 Å². The fraction of sp³-hybridized carbons (Fsp3) is 0.125. The van der Waals surface area contributed by atoms with Crippen molar-refractivity contribution in [2.45, 2.75) is 4.84 Å². The lowest BCUT2D eigenvalue weighted by atomic mass is 10.3. The number of thiophene rings is 1. The number of carbonyl (C=O) groups is 1. The normalized spacial score (nSPS) is 11.5. The molecule has 1 rings (SSSR count). The van der Waals surface area contributed by atoms with Crippen LogP contribution in [0.25, 0.3) is 0 Å². The van der Waals surface area contributed by atoms with Gasteiger partial charge in [0.15, 0.2) is 5.71 Å². The lowest BCUT2D eigenvalue weighted by Gasteiger charge is -1.97. The van der Waals surface area contributed by atoms with Crippen LogP contribution in [-0.4, -0.2) is 22.8 Å². The molecular formula is C8H4Cl2NO3S. The molecule has 0 fully saturated rings. The molecule has 4 nitrogen and oxygen atoms in total. The van der Waals surface area contributed by atoms with Crippen LogP contribution in [0.4, 0.5) is 0 Å². The maximum Gasteiger partial charge on any atom is 0.367 e. The Morgan fingerprint density at radius 3 is 2.80 bits per heavy atom. The zero-order valence-electron chi connectivity index (χ0n) is 7.15. The van der Waals surface area contributed by atoms with Crippen molar-refractivity contribution in [3.63, 3.8) is 0 Å². The first-order valence-corrected chi connectivity index (χ1v) is 5.39. The fourth-order valence-corrected chi connectivity index (χ4v) is 1.39. The van der Waals surface area contributed by atoms with Gasteiger partial charge in [-0.1, -0.05) is 34.4 Å². The highest BCUT2D eigenvalue weighted by atomic mass is 35.5. The van der Waals surface area contributed by atoms with E-state index in [2.05, 4.69) is 9.99 Å². The number of carbonyl (C=O) groups excluding carboxylic acids is 2. The van der Waals surface area contributed by atoms with E-state index in [1.807, 2.05) is 0 Å². The summed E-state index contributed by atoms with van der Waals surface area (Å²) in [5, 5.41) is 5.04. The Kier molecular flexibility index (Phi) is 4.74. The molecule has 0 aliphatic rings. The van der Waals surface area contributed by atoms with Crippen LogP contribution in [0, 0.1) is 0 Å². The van der Waals surface area contributed by atoms with Crippen molar-refractivity contribution in [1.82, 2.24) is 0 Å². The summed E-state index contributed by atoms with van der Waals surface area (Å²) in [5.41, 5.74) is -0.104. The predicted octanol–water partition coefficient (Wildman–Crippen LogP) is 1.91. The molecule has 15 heavy (non-hydrogen) atoms. The molecule has 0 aliphatic heterocycles. The van der Waals surface area contributed by atoms with Crippen molar-refractivity contribution < 1.29 is 14.4 Å². The Morgan fingerprint density at radius 1 is 1.60 bits per heavy atom. The van der Waals surface area contributed by atoms with E-state index in [4.69, 9.17) is 23.2 Å². The first kappa shape index (κ1) is 12.2. The summed E-state index contributed by atoms with van der Waals surface area (Å²) in [6.07, 6.45) is 1.55. The van der Waals surface area contributed by atoms with E-state index < -0.39 is 10.8 Å². The van der Waals surface area contributed by atoms with E-state index in [1.54, 1.807) is 23.8 Å². The van der Waals surface area contributed by atoms with Gasteiger partial charge in [0.1, 0.15) is 0 Å². The summed E-state index contributed by atoms with van der Waals surface area (Å²) >= 11 is 11.7. The number of halogens is 2. The standard InChI is InChI=1S/C8H4Cl2NO3S/c9-7(10)8(13)14-11-5(4-12)6-2-1-3-15-6/h1-3,7H. The maximum absolute atomic E-state index is 10.8. The largest absolute Gasteiger partial charge is 0.367 e.